The molecule has 0 saturated heterocycles. The van der Waals surface area contributed by atoms with Gasteiger partial charge in [0.05, 0.1) is 12.2 Å². The van der Waals surface area contributed by atoms with Crippen LogP contribution in [0.25, 0.3) is 0 Å². The molecule has 2 amide bonds. The van der Waals surface area contributed by atoms with E-state index in [0.29, 0.717) is 24.6 Å². The van der Waals surface area contributed by atoms with Gasteiger partial charge in [-0.15, -0.1) is 0 Å². The molecule has 3 rings (SSSR count). The van der Waals surface area contributed by atoms with E-state index in [9.17, 15) is 18.4 Å². The van der Waals surface area contributed by atoms with E-state index in [1.807, 2.05) is 0 Å². The Morgan fingerprint density at radius 1 is 1.25 bits per heavy atom. The summed E-state index contributed by atoms with van der Waals surface area (Å²) >= 11 is 0. The summed E-state index contributed by atoms with van der Waals surface area (Å²) in [5, 5.41) is 6.64. The van der Waals surface area contributed by atoms with Gasteiger partial charge in [0.2, 0.25) is 0 Å². The highest BCUT2D eigenvalue weighted by atomic mass is 19.1. The van der Waals surface area contributed by atoms with Crippen LogP contribution in [0.15, 0.2) is 18.2 Å². The average molecular weight is 392 g/mol. The third-order valence-electron chi connectivity index (χ3n) is 4.29. The summed E-state index contributed by atoms with van der Waals surface area (Å²) in [6.07, 6.45) is 0.0361. The van der Waals surface area contributed by atoms with Crippen molar-refractivity contribution in [2.24, 2.45) is 7.05 Å². The molecule has 0 fully saturated rings. The van der Waals surface area contributed by atoms with Crippen molar-refractivity contribution >= 4 is 17.7 Å². The van der Waals surface area contributed by atoms with Crippen molar-refractivity contribution < 1.29 is 23.1 Å². The topological polar surface area (TPSA) is 76.5 Å². The zero-order chi connectivity index (χ0) is 20.6. The molecule has 1 N–H and O–H groups in total. The fourth-order valence-electron chi connectivity index (χ4n) is 3.03. The molecule has 1 aromatic heterocycles. The molecule has 1 aliphatic rings. The van der Waals surface area contributed by atoms with E-state index < -0.39 is 29.2 Å². The number of aryl methyl sites for hydroxylation is 1. The molecule has 1 aromatic carbocycles. The first-order chi connectivity index (χ1) is 13.0. The van der Waals surface area contributed by atoms with E-state index in [1.165, 1.54) is 4.90 Å². The minimum atomic E-state index is -0.881. The number of carbonyl (C=O) groups excluding carboxylic acids is 2. The second kappa shape index (κ2) is 7.21. The Morgan fingerprint density at radius 2 is 1.96 bits per heavy atom. The molecule has 0 saturated carbocycles. The number of hydrogen-bond donors (Lipinski definition) is 1. The third-order valence-corrected chi connectivity index (χ3v) is 4.29. The lowest BCUT2D eigenvalue weighted by Crippen LogP contribution is -2.40. The van der Waals surface area contributed by atoms with Crippen LogP contribution < -0.4 is 5.32 Å². The van der Waals surface area contributed by atoms with E-state index in [-0.39, 0.29) is 17.9 Å². The quantitative estimate of drug-likeness (QED) is 0.851. The number of benzene rings is 1. The van der Waals surface area contributed by atoms with Crippen LogP contribution in [0, 0.1) is 11.6 Å². The average Bonchev–Trinajstić information content (AvgIpc) is 2.92. The molecule has 28 heavy (non-hydrogen) atoms. The van der Waals surface area contributed by atoms with Gasteiger partial charge in [-0.3, -0.25) is 9.48 Å². The SMILES string of the molecule is Cn1nc(C(=O)Nc2ccc(F)cc2F)c2c1CCN(C(=O)OC(C)(C)C)C2. The highest BCUT2D eigenvalue weighted by molar-refractivity contribution is 6.04. The number of amides is 2. The van der Waals surface area contributed by atoms with Gasteiger partial charge in [-0.1, -0.05) is 0 Å². The number of carbonyl (C=O) groups is 2. The summed E-state index contributed by atoms with van der Waals surface area (Å²) in [5.74, 6) is -2.25. The number of aromatic nitrogens is 2. The van der Waals surface area contributed by atoms with Crippen LogP contribution in [-0.4, -0.2) is 38.8 Å². The summed E-state index contributed by atoms with van der Waals surface area (Å²) in [7, 11) is 1.71. The summed E-state index contributed by atoms with van der Waals surface area (Å²) in [6.45, 7) is 5.93. The molecule has 1 aliphatic heterocycles. The zero-order valence-electron chi connectivity index (χ0n) is 16.2. The fourth-order valence-corrected chi connectivity index (χ4v) is 3.03. The number of fused-ring (bicyclic) bond motifs is 1. The normalized spacial score (nSPS) is 13.9. The maximum atomic E-state index is 13.8. The minimum Gasteiger partial charge on any atom is -0.444 e. The van der Waals surface area contributed by atoms with Crippen molar-refractivity contribution in [3.63, 3.8) is 0 Å². The van der Waals surface area contributed by atoms with Gasteiger partial charge >= 0.3 is 6.09 Å². The number of halogens is 2. The number of anilines is 1. The predicted molar refractivity (Wildman–Crippen MR) is 97.9 cm³/mol. The monoisotopic (exact) mass is 392 g/mol. The molecule has 7 nitrogen and oxygen atoms in total. The van der Waals surface area contributed by atoms with Crippen molar-refractivity contribution in [1.82, 2.24) is 14.7 Å². The molecule has 2 aromatic rings. The molecule has 0 atom stereocenters. The molecule has 0 unspecified atom stereocenters. The molecule has 0 aliphatic carbocycles. The van der Waals surface area contributed by atoms with Crippen LogP contribution in [0.1, 0.15) is 42.5 Å². The molecule has 9 heteroatoms. The van der Waals surface area contributed by atoms with Gasteiger partial charge in [0, 0.05) is 37.3 Å². The zero-order valence-corrected chi connectivity index (χ0v) is 16.2. The van der Waals surface area contributed by atoms with Crippen LogP contribution >= 0.6 is 0 Å². The number of rotatable bonds is 2. The van der Waals surface area contributed by atoms with Crippen LogP contribution in [-0.2, 0) is 24.8 Å². The highest BCUT2D eigenvalue weighted by Crippen LogP contribution is 2.25. The van der Waals surface area contributed by atoms with Crippen LogP contribution in [0.3, 0.4) is 0 Å². The van der Waals surface area contributed by atoms with E-state index in [2.05, 4.69) is 10.4 Å². The standard InChI is InChI=1S/C19H22F2N4O3/c1-19(2,3)28-18(27)25-8-7-15-12(10-25)16(23-24(15)4)17(26)22-14-6-5-11(20)9-13(14)21/h5-6,9H,7-8,10H2,1-4H3,(H,22,26). The van der Waals surface area contributed by atoms with Crippen molar-refractivity contribution in [3.8, 4) is 0 Å². The number of nitrogens with one attached hydrogen (secondary N) is 1. The highest BCUT2D eigenvalue weighted by Gasteiger charge is 2.31. The molecule has 150 valence electrons. The number of hydrogen-bond acceptors (Lipinski definition) is 4. The Hall–Kier alpha value is -2.97. The lowest BCUT2D eigenvalue weighted by atomic mass is 10.0. The maximum Gasteiger partial charge on any atom is 0.410 e. The lowest BCUT2D eigenvalue weighted by molar-refractivity contribution is 0.0222. The lowest BCUT2D eigenvalue weighted by Gasteiger charge is -2.30. The minimum absolute atomic E-state index is 0.0921. The van der Waals surface area contributed by atoms with Gasteiger partial charge < -0.3 is 15.0 Å². The van der Waals surface area contributed by atoms with E-state index in [0.717, 1.165) is 17.8 Å². The summed E-state index contributed by atoms with van der Waals surface area (Å²) < 4.78 is 33.9. The summed E-state index contributed by atoms with van der Waals surface area (Å²) in [4.78, 5) is 26.5. The van der Waals surface area contributed by atoms with Gasteiger partial charge in [0.1, 0.15) is 17.2 Å². The Labute approximate surface area is 161 Å². The van der Waals surface area contributed by atoms with Gasteiger partial charge in [0.25, 0.3) is 5.91 Å². The first kappa shape index (κ1) is 19.8. The Bertz CT molecular complexity index is 934. The fraction of sp³-hybridized carbons (Fsp3) is 0.421. The Morgan fingerprint density at radius 3 is 2.61 bits per heavy atom. The van der Waals surface area contributed by atoms with E-state index >= 15 is 0 Å². The first-order valence-corrected chi connectivity index (χ1v) is 8.84. The summed E-state index contributed by atoms with van der Waals surface area (Å²) in [5.41, 5.74) is 0.719. The first-order valence-electron chi connectivity index (χ1n) is 8.84. The Balaban J connectivity index is 1.83. The third kappa shape index (κ3) is 4.13. The van der Waals surface area contributed by atoms with Gasteiger partial charge in [-0.05, 0) is 32.9 Å². The predicted octanol–water partition coefficient (Wildman–Crippen LogP) is 3.24. The van der Waals surface area contributed by atoms with Crippen LogP contribution in [0.2, 0.25) is 0 Å². The van der Waals surface area contributed by atoms with Crippen molar-refractivity contribution in [3.05, 3.63) is 46.8 Å². The van der Waals surface area contributed by atoms with Crippen molar-refractivity contribution in [1.29, 1.82) is 0 Å². The molecular formula is C19H22F2N4O3. The molecule has 2 heterocycles. The largest absolute Gasteiger partial charge is 0.444 e. The smallest absolute Gasteiger partial charge is 0.410 e. The van der Waals surface area contributed by atoms with Gasteiger partial charge in [-0.25, -0.2) is 13.6 Å². The molecule has 0 bridgehead atoms. The van der Waals surface area contributed by atoms with Crippen molar-refractivity contribution in [2.45, 2.75) is 39.3 Å². The number of ether oxygens (including phenoxy) is 1. The summed E-state index contributed by atoms with van der Waals surface area (Å²) in [6, 6.07) is 2.88. The van der Waals surface area contributed by atoms with E-state index in [1.54, 1.807) is 32.5 Å². The molecule has 0 spiro atoms. The second-order valence-corrected chi connectivity index (χ2v) is 7.63. The van der Waals surface area contributed by atoms with E-state index in [4.69, 9.17) is 4.74 Å². The second-order valence-electron chi connectivity index (χ2n) is 7.63. The Kier molecular flexibility index (Phi) is 5.10. The molecular weight excluding hydrogens is 370 g/mol. The van der Waals surface area contributed by atoms with Crippen LogP contribution in [0.4, 0.5) is 19.3 Å². The molecule has 0 radical (unpaired) electrons. The maximum absolute atomic E-state index is 13.8. The van der Waals surface area contributed by atoms with Gasteiger partial charge in [0.15, 0.2) is 5.69 Å². The number of nitrogens with zero attached hydrogens (tertiary/aromatic N) is 3. The van der Waals surface area contributed by atoms with Crippen LogP contribution in [0.5, 0.6) is 0 Å². The van der Waals surface area contributed by atoms with Gasteiger partial charge in [-0.2, -0.15) is 5.10 Å². The van der Waals surface area contributed by atoms with Crippen molar-refractivity contribution in [2.75, 3.05) is 11.9 Å².